The molecule has 0 heterocycles. The number of hydrogen-bond acceptors (Lipinski definition) is 0. The molecule has 5 aromatic carbocycles. The van der Waals surface area contributed by atoms with Crippen molar-refractivity contribution in [2.45, 2.75) is 12.6 Å². The first-order valence-electron chi connectivity index (χ1n) is 12.6. The lowest BCUT2D eigenvalue weighted by Gasteiger charge is -2.35. The van der Waals surface area contributed by atoms with Crippen LogP contribution in [0.5, 0.6) is 0 Å². The van der Waals surface area contributed by atoms with Crippen LogP contribution >= 0.6 is 42.1 Å². The molecule has 210 valence electrons. The molecule has 0 spiro atoms. The van der Waals surface area contributed by atoms with Crippen LogP contribution in [0, 0.1) is 6.92 Å². The maximum absolute atomic E-state index is 9.75. The van der Waals surface area contributed by atoms with Crippen LogP contribution in [0.2, 0.25) is 15.1 Å². The summed E-state index contributed by atoms with van der Waals surface area (Å²) < 4.78 is 39.0. The van der Waals surface area contributed by atoms with E-state index in [1.165, 1.54) is 32.6 Å². The Morgan fingerprint density at radius 3 is 1.15 bits per heavy atom. The van der Waals surface area contributed by atoms with Gasteiger partial charge >= 0.3 is 7.25 Å². The Morgan fingerprint density at radius 2 is 0.805 bits per heavy atom. The molecule has 1 atom stereocenters. The molecule has 0 nitrogen and oxygen atoms in total. The molecule has 0 aliphatic carbocycles. The third-order valence-corrected chi connectivity index (χ3v) is 12.1. The summed E-state index contributed by atoms with van der Waals surface area (Å²) in [6.45, 7) is 2.13. The molecule has 0 N–H and O–H groups in total. The Morgan fingerprint density at radius 1 is 0.488 bits per heavy atom. The minimum absolute atomic E-state index is 0.0582. The van der Waals surface area contributed by atoms with Gasteiger partial charge in [0.1, 0.15) is 28.8 Å². The van der Waals surface area contributed by atoms with E-state index in [4.69, 9.17) is 34.8 Å². The largest absolute Gasteiger partial charge is 0.673 e. The van der Waals surface area contributed by atoms with E-state index in [1.54, 1.807) is 0 Å². The third kappa shape index (κ3) is 7.73. The fourth-order valence-corrected chi connectivity index (χ4v) is 10.2. The summed E-state index contributed by atoms with van der Waals surface area (Å²) in [5.41, 5.74) is 3.82. The van der Waals surface area contributed by atoms with Gasteiger partial charge in [0.05, 0.1) is 0 Å². The summed E-state index contributed by atoms with van der Waals surface area (Å²) in [6.07, 6.45) is 0. The van der Waals surface area contributed by atoms with Crippen LogP contribution in [0.25, 0.3) is 0 Å². The minimum Gasteiger partial charge on any atom is -0.418 e. The van der Waals surface area contributed by atoms with E-state index in [0.717, 1.165) is 15.1 Å². The van der Waals surface area contributed by atoms with Crippen molar-refractivity contribution in [1.29, 1.82) is 0 Å². The SMILES string of the molecule is Cc1ccc(C(c2ccccc2)[P+](c2ccc(Cl)cc2)(c2ccc(Cl)cc2)c2ccc(Cl)cc2)cc1.F[B-](F)(F)F. The average molecular weight is 634 g/mol. The Bertz CT molecular complexity index is 1430. The predicted octanol–water partition coefficient (Wildman–Crippen LogP) is 10.3. The van der Waals surface area contributed by atoms with E-state index in [9.17, 15) is 17.3 Å². The molecule has 0 aliphatic heterocycles. The number of rotatable bonds is 6. The fourth-order valence-electron chi connectivity index (χ4n) is 4.95. The van der Waals surface area contributed by atoms with Gasteiger partial charge in [0, 0.05) is 15.1 Å². The maximum Gasteiger partial charge on any atom is 0.673 e. The van der Waals surface area contributed by atoms with Crippen molar-refractivity contribution in [2.75, 3.05) is 0 Å². The maximum atomic E-state index is 9.75. The van der Waals surface area contributed by atoms with Gasteiger partial charge in [-0.2, -0.15) is 0 Å². The standard InChI is InChI=1S/C32H25Cl3P.BF4/c1-23-7-9-25(10-8-23)32(24-5-3-2-4-6-24)36(29-17-11-26(33)12-18-29,30-19-13-27(34)14-20-30)31-21-15-28(35)16-22-31;2-1(3,4)5/h2-22,32H,1H3;/q+1;-1. The van der Waals surface area contributed by atoms with Gasteiger partial charge < -0.3 is 17.3 Å². The molecule has 0 aromatic heterocycles. The molecule has 0 radical (unpaired) electrons. The molecule has 5 rings (SSSR count). The van der Waals surface area contributed by atoms with Crippen molar-refractivity contribution < 1.29 is 17.3 Å². The second-order valence-electron chi connectivity index (χ2n) is 9.37. The zero-order valence-corrected chi connectivity index (χ0v) is 25.0. The Labute approximate surface area is 253 Å². The third-order valence-electron chi connectivity index (χ3n) is 6.60. The highest BCUT2D eigenvalue weighted by atomic mass is 35.5. The summed E-state index contributed by atoms with van der Waals surface area (Å²) in [5, 5.41) is 5.88. The van der Waals surface area contributed by atoms with Gasteiger partial charge in [-0.25, -0.2) is 0 Å². The molecule has 0 saturated heterocycles. The van der Waals surface area contributed by atoms with Crippen LogP contribution in [-0.4, -0.2) is 7.25 Å². The zero-order chi connectivity index (χ0) is 29.6. The topological polar surface area (TPSA) is 0 Å². The van der Waals surface area contributed by atoms with Crippen molar-refractivity contribution in [1.82, 2.24) is 0 Å². The van der Waals surface area contributed by atoms with E-state index in [0.29, 0.717) is 0 Å². The van der Waals surface area contributed by atoms with Gasteiger partial charge in [-0.1, -0.05) is 95.0 Å². The molecule has 9 heteroatoms. The quantitative estimate of drug-likeness (QED) is 0.0992. The number of halogens is 7. The number of hydrogen-bond donors (Lipinski definition) is 0. The van der Waals surface area contributed by atoms with Crippen molar-refractivity contribution in [2.24, 2.45) is 0 Å². The Balaban J connectivity index is 0.000000714. The molecule has 0 saturated carbocycles. The van der Waals surface area contributed by atoms with Gasteiger partial charge in [0.15, 0.2) is 0 Å². The van der Waals surface area contributed by atoms with Crippen molar-refractivity contribution in [3.8, 4) is 0 Å². The minimum atomic E-state index is -6.00. The molecular weight excluding hydrogens is 608 g/mol. The van der Waals surface area contributed by atoms with E-state index in [-0.39, 0.29) is 5.66 Å². The van der Waals surface area contributed by atoms with Crippen LogP contribution in [-0.2, 0) is 0 Å². The van der Waals surface area contributed by atoms with E-state index < -0.39 is 14.5 Å². The second-order valence-corrected chi connectivity index (χ2v) is 14.2. The lowest BCUT2D eigenvalue weighted by atomic mass is 10.0. The average Bonchev–Trinajstić information content (AvgIpc) is 2.94. The lowest BCUT2D eigenvalue weighted by Crippen LogP contribution is -2.35. The molecule has 5 aromatic rings. The Kier molecular flexibility index (Phi) is 10.2. The smallest absolute Gasteiger partial charge is 0.418 e. The molecule has 0 amide bonds. The highest BCUT2D eigenvalue weighted by molar-refractivity contribution is 7.96. The van der Waals surface area contributed by atoms with E-state index in [1.807, 2.05) is 36.4 Å². The van der Waals surface area contributed by atoms with Crippen LogP contribution in [0.15, 0.2) is 127 Å². The lowest BCUT2D eigenvalue weighted by molar-refractivity contribution is 0.368. The van der Waals surface area contributed by atoms with Gasteiger partial charge in [-0.15, -0.1) is 0 Å². The number of benzene rings is 5. The van der Waals surface area contributed by atoms with Crippen molar-refractivity contribution >= 4 is 65.2 Å². The summed E-state index contributed by atoms with van der Waals surface area (Å²) in [7, 11) is -8.36. The van der Waals surface area contributed by atoms with Crippen LogP contribution in [0.3, 0.4) is 0 Å². The first kappa shape index (κ1) is 31.1. The molecule has 0 bridgehead atoms. The first-order valence-corrected chi connectivity index (χ1v) is 15.6. The van der Waals surface area contributed by atoms with Gasteiger partial charge in [-0.3, -0.25) is 0 Å². The molecule has 41 heavy (non-hydrogen) atoms. The molecule has 1 unspecified atom stereocenters. The second kappa shape index (κ2) is 13.4. The van der Waals surface area contributed by atoms with E-state index >= 15 is 0 Å². The highest BCUT2D eigenvalue weighted by Crippen LogP contribution is 2.69. The van der Waals surface area contributed by atoms with Crippen molar-refractivity contribution in [3.05, 3.63) is 159 Å². The fraction of sp³-hybridized carbons (Fsp3) is 0.0625. The molecule has 0 fully saturated rings. The summed E-state index contributed by atoms with van der Waals surface area (Å²) in [5.74, 6) is 0. The van der Waals surface area contributed by atoms with Gasteiger partial charge in [0.25, 0.3) is 0 Å². The predicted molar refractivity (Wildman–Crippen MR) is 170 cm³/mol. The summed E-state index contributed by atoms with van der Waals surface area (Å²) >= 11 is 19.2. The summed E-state index contributed by atoms with van der Waals surface area (Å²) in [6, 6.07) is 44.8. The van der Waals surface area contributed by atoms with Crippen LogP contribution in [0.4, 0.5) is 17.3 Å². The van der Waals surface area contributed by atoms with Gasteiger partial charge in [0.2, 0.25) is 0 Å². The Hall–Kier alpha value is -2.82. The van der Waals surface area contributed by atoms with Crippen molar-refractivity contribution in [3.63, 3.8) is 0 Å². The zero-order valence-electron chi connectivity index (χ0n) is 21.9. The first-order chi connectivity index (χ1) is 19.5. The van der Waals surface area contributed by atoms with Gasteiger partial charge in [-0.05, 0) is 90.8 Å². The summed E-state index contributed by atoms with van der Waals surface area (Å²) in [4.78, 5) is 0. The molecule has 0 aliphatic rings. The number of aryl methyl sites for hydroxylation is 1. The van der Waals surface area contributed by atoms with E-state index in [2.05, 4.69) is 97.9 Å². The van der Waals surface area contributed by atoms with Crippen LogP contribution < -0.4 is 15.9 Å². The highest BCUT2D eigenvalue weighted by Gasteiger charge is 2.53. The monoisotopic (exact) mass is 632 g/mol. The van der Waals surface area contributed by atoms with Crippen LogP contribution in [0.1, 0.15) is 22.3 Å². The molecular formula is C32H25BCl3F4P. The normalized spacial score (nSPS) is 12.3.